The highest BCUT2D eigenvalue weighted by molar-refractivity contribution is 5.94. The van der Waals surface area contributed by atoms with Gasteiger partial charge in [0.25, 0.3) is 11.5 Å². The highest BCUT2D eigenvalue weighted by Gasteiger charge is 2.39. The Hall–Kier alpha value is -4.13. The molecule has 0 aliphatic carbocycles. The van der Waals surface area contributed by atoms with Crippen molar-refractivity contribution in [1.82, 2.24) is 30.1 Å². The molecule has 3 rings (SSSR count). The van der Waals surface area contributed by atoms with Crippen molar-refractivity contribution in [2.24, 2.45) is 7.05 Å². The minimum Gasteiger partial charge on any atom is -0.501 e. The summed E-state index contributed by atoms with van der Waals surface area (Å²) in [4.78, 5) is 41.8. The van der Waals surface area contributed by atoms with Crippen molar-refractivity contribution in [3.8, 4) is 5.75 Å². The van der Waals surface area contributed by atoms with Crippen molar-refractivity contribution in [1.29, 1.82) is 0 Å². The van der Waals surface area contributed by atoms with Crippen molar-refractivity contribution in [2.45, 2.75) is 32.9 Å². The highest BCUT2D eigenvalue weighted by Crippen LogP contribution is 2.27. The van der Waals surface area contributed by atoms with Gasteiger partial charge in [0.15, 0.2) is 5.69 Å². The SMILES string of the molecule is Cc1nnc(C(=O)N(O)C(C)(C)c2nc(C(=O)NCc3ccc(F)cc3)c(O)c(=O)n2C)o1. The van der Waals surface area contributed by atoms with Gasteiger partial charge in [0.1, 0.15) is 17.2 Å². The first-order valence-corrected chi connectivity index (χ1v) is 9.60. The standard InChI is InChI=1S/C20H21FN6O6/c1-10-24-25-16(33-10)18(31)27(32)20(2,3)19-23-13(14(28)17(30)26(19)4)15(29)22-9-11-5-7-12(21)8-6-11/h5-8,28,32H,9H2,1-4H3,(H,22,29). The van der Waals surface area contributed by atoms with Crippen molar-refractivity contribution >= 4 is 11.8 Å². The van der Waals surface area contributed by atoms with Gasteiger partial charge in [0.05, 0.1) is 0 Å². The molecular formula is C20H21FN6O6. The van der Waals surface area contributed by atoms with Gasteiger partial charge in [-0.2, -0.15) is 0 Å². The highest BCUT2D eigenvalue weighted by atomic mass is 19.1. The fraction of sp³-hybridized carbons (Fsp3) is 0.300. The van der Waals surface area contributed by atoms with Crippen LogP contribution < -0.4 is 10.9 Å². The van der Waals surface area contributed by atoms with Crippen molar-refractivity contribution < 1.29 is 28.7 Å². The summed E-state index contributed by atoms with van der Waals surface area (Å²) in [5.74, 6) is -3.94. The largest absolute Gasteiger partial charge is 0.501 e. The zero-order valence-corrected chi connectivity index (χ0v) is 18.2. The van der Waals surface area contributed by atoms with Crippen LogP contribution in [-0.2, 0) is 19.1 Å². The number of carbonyl (C=O) groups is 2. The number of nitrogens with zero attached hydrogens (tertiary/aromatic N) is 5. The molecule has 0 unspecified atom stereocenters. The second kappa shape index (κ2) is 8.78. The third-order valence-corrected chi connectivity index (χ3v) is 4.83. The molecule has 3 aromatic rings. The molecule has 0 saturated heterocycles. The average molecular weight is 460 g/mol. The number of aromatic hydroxyl groups is 1. The van der Waals surface area contributed by atoms with Crippen molar-refractivity contribution in [3.05, 3.63) is 69.3 Å². The number of hydroxylamine groups is 2. The maximum atomic E-state index is 13.0. The minimum absolute atomic E-state index is 0.0324. The van der Waals surface area contributed by atoms with Gasteiger partial charge in [-0.15, -0.1) is 10.2 Å². The molecular weight excluding hydrogens is 439 g/mol. The monoisotopic (exact) mass is 460 g/mol. The minimum atomic E-state index is -1.67. The molecule has 0 aliphatic rings. The van der Waals surface area contributed by atoms with E-state index in [9.17, 15) is 29.1 Å². The average Bonchev–Trinajstić information content (AvgIpc) is 3.22. The lowest BCUT2D eigenvalue weighted by Crippen LogP contribution is -2.47. The van der Waals surface area contributed by atoms with Crippen molar-refractivity contribution in [3.63, 3.8) is 0 Å². The van der Waals surface area contributed by atoms with E-state index in [1.165, 1.54) is 52.1 Å². The van der Waals surface area contributed by atoms with E-state index >= 15 is 0 Å². The molecule has 2 amide bonds. The quantitative estimate of drug-likeness (QED) is 0.360. The molecule has 0 radical (unpaired) electrons. The summed E-state index contributed by atoms with van der Waals surface area (Å²) in [7, 11) is 1.25. The second-order valence-electron chi connectivity index (χ2n) is 7.61. The molecule has 12 nitrogen and oxygen atoms in total. The lowest BCUT2D eigenvalue weighted by molar-refractivity contribution is -0.130. The summed E-state index contributed by atoms with van der Waals surface area (Å²) in [6, 6.07) is 5.34. The van der Waals surface area contributed by atoms with Crippen LogP contribution in [0.15, 0.2) is 33.5 Å². The molecule has 174 valence electrons. The van der Waals surface area contributed by atoms with Gasteiger partial charge in [-0.05, 0) is 31.5 Å². The summed E-state index contributed by atoms with van der Waals surface area (Å²) in [5, 5.41) is 30.6. The van der Waals surface area contributed by atoms with Gasteiger partial charge >= 0.3 is 11.8 Å². The Balaban J connectivity index is 1.93. The summed E-state index contributed by atoms with van der Waals surface area (Å²) >= 11 is 0. The molecule has 2 heterocycles. The fourth-order valence-corrected chi connectivity index (χ4v) is 2.99. The van der Waals surface area contributed by atoms with Crippen molar-refractivity contribution in [2.75, 3.05) is 0 Å². The van der Waals surface area contributed by atoms with E-state index < -0.39 is 46.1 Å². The number of aryl methyl sites for hydroxylation is 1. The van der Waals surface area contributed by atoms with Crippen LogP contribution in [0.1, 0.15) is 52.3 Å². The van der Waals surface area contributed by atoms with E-state index in [4.69, 9.17) is 4.42 Å². The zero-order valence-electron chi connectivity index (χ0n) is 18.2. The number of carbonyl (C=O) groups excluding carboxylic acids is 2. The molecule has 0 saturated carbocycles. The molecule has 1 aromatic carbocycles. The van der Waals surface area contributed by atoms with E-state index in [1.807, 2.05) is 0 Å². The van der Waals surface area contributed by atoms with Crippen LogP contribution in [0.25, 0.3) is 0 Å². The number of hydrogen-bond acceptors (Lipinski definition) is 9. The number of hydrogen-bond donors (Lipinski definition) is 3. The first-order chi connectivity index (χ1) is 15.4. The molecule has 0 atom stereocenters. The van der Waals surface area contributed by atoms with Crippen LogP contribution in [0, 0.1) is 12.7 Å². The normalized spacial score (nSPS) is 11.3. The summed E-state index contributed by atoms with van der Waals surface area (Å²) in [6.45, 7) is 4.13. The Kier molecular flexibility index (Phi) is 6.26. The van der Waals surface area contributed by atoms with Crippen LogP contribution in [0.5, 0.6) is 5.75 Å². The summed E-state index contributed by atoms with van der Waals surface area (Å²) < 4.78 is 19.0. The zero-order chi connectivity index (χ0) is 24.5. The molecule has 0 fully saturated rings. The van der Waals surface area contributed by atoms with E-state index in [0.29, 0.717) is 5.56 Å². The Morgan fingerprint density at radius 2 is 1.88 bits per heavy atom. The van der Waals surface area contributed by atoms with Crippen LogP contribution in [0.4, 0.5) is 4.39 Å². The molecule has 0 aliphatic heterocycles. The Bertz CT molecular complexity index is 1270. The van der Waals surface area contributed by atoms with Crippen LogP contribution in [-0.4, -0.2) is 46.9 Å². The molecule has 0 bridgehead atoms. The molecule has 3 N–H and O–H groups in total. The Morgan fingerprint density at radius 1 is 1.24 bits per heavy atom. The molecule has 13 heteroatoms. The third kappa shape index (κ3) is 4.57. The number of nitrogens with one attached hydrogen (secondary N) is 1. The molecule has 2 aromatic heterocycles. The van der Waals surface area contributed by atoms with E-state index in [-0.39, 0.29) is 23.3 Å². The van der Waals surface area contributed by atoms with Gasteiger partial charge in [0.2, 0.25) is 11.6 Å². The molecule has 33 heavy (non-hydrogen) atoms. The smallest absolute Gasteiger partial charge is 0.335 e. The van der Waals surface area contributed by atoms with E-state index in [2.05, 4.69) is 20.5 Å². The lowest BCUT2D eigenvalue weighted by atomic mass is 10.0. The van der Waals surface area contributed by atoms with E-state index in [1.54, 1.807) is 0 Å². The van der Waals surface area contributed by atoms with Gasteiger partial charge in [0, 0.05) is 20.5 Å². The van der Waals surface area contributed by atoms with Gasteiger partial charge in [-0.1, -0.05) is 12.1 Å². The first-order valence-electron chi connectivity index (χ1n) is 9.60. The predicted molar refractivity (Wildman–Crippen MR) is 109 cm³/mol. The topological polar surface area (TPSA) is 164 Å². The van der Waals surface area contributed by atoms with Gasteiger partial charge < -0.3 is 14.8 Å². The Labute approximate surface area is 186 Å². The first kappa shape index (κ1) is 23.5. The number of amides is 2. The molecule has 0 spiro atoms. The van der Waals surface area contributed by atoms with E-state index in [0.717, 1.165) is 4.57 Å². The summed E-state index contributed by atoms with van der Waals surface area (Å²) in [6.07, 6.45) is 0. The third-order valence-electron chi connectivity index (χ3n) is 4.83. The van der Waals surface area contributed by atoms with Gasteiger partial charge in [-0.25, -0.2) is 14.4 Å². The second-order valence-corrected chi connectivity index (χ2v) is 7.61. The van der Waals surface area contributed by atoms with Crippen LogP contribution >= 0.6 is 0 Å². The van der Waals surface area contributed by atoms with Gasteiger partial charge in [-0.3, -0.25) is 24.2 Å². The Morgan fingerprint density at radius 3 is 2.45 bits per heavy atom. The number of benzene rings is 1. The van der Waals surface area contributed by atoms with Crippen LogP contribution in [0.3, 0.4) is 0 Å². The maximum Gasteiger partial charge on any atom is 0.335 e. The number of aromatic nitrogens is 4. The summed E-state index contributed by atoms with van der Waals surface area (Å²) in [5.41, 5.74) is -2.70. The maximum absolute atomic E-state index is 13.0. The lowest BCUT2D eigenvalue weighted by Gasteiger charge is -2.32. The predicted octanol–water partition coefficient (Wildman–Crippen LogP) is 1.01. The number of halogens is 1. The fourth-order valence-electron chi connectivity index (χ4n) is 2.99. The van der Waals surface area contributed by atoms with Crippen LogP contribution in [0.2, 0.25) is 0 Å². The number of rotatable bonds is 6.